The van der Waals surface area contributed by atoms with E-state index in [1.165, 1.54) is 0 Å². The van der Waals surface area contributed by atoms with Crippen molar-refractivity contribution in [1.82, 2.24) is 0 Å². The summed E-state index contributed by atoms with van der Waals surface area (Å²) < 4.78 is 0. The molecule has 2 atom stereocenters. The number of carbonyl (C=O) groups is 1. The Morgan fingerprint density at radius 2 is 1.95 bits per heavy atom. The SMILES string of the molecule is N#CC1=C(N)C2=CCCCCC2C(c2ccccc2)C1=O. The van der Waals surface area contributed by atoms with Gasteiger partial charge in [-0.05, 0) is 36.3 Å². The van der Waals surface area contributed by atoms with Crippen molar-refractivity contribution in [2.75, 3.05) is 0 Å². The molecule has 0 amide bonds. The van der Waals surface area contributed by atoms with Gasteiger partial charge in [-0.1, -0.05) is 42.8 Å². The second-order valence-corrected chi connectivity index (χ2v) is 5.70. The molecule has 3 nitrogen and oxygen atoms in total. The van der Waals surface area contributed by atoms with Gasteiger partial charge in [0.1, 0.15) is 11.6 Å². The molecule has 1 aromatic rings. The van der Waals surface area contributed by atoms with Gasteiger partial charge < -0.3 is 5.73 Å². The number of hydrogen-bond acceptors (Lipinski definition) is 3. The Hall–Kier alpha value is -2.34. The molecule has 0 bridgehead atoms. The Balaban J connectivity index is 2.16. The maximum atomic E-state index is 12.7. The minimum absolute atomic E-state index is 0.111. The van der Waals surface area contributed by atoms with Gasteiger partial charge in [0.05, 0.1) is 11.6 Å². The molecule has 0 spiro atoms. The van der Waals surface area contributed by atoms with Crippen LogP contribution in [0.25, 0.3) is 0 Å². The number of nitrogens with two attached hydrogens (primary N) is 1. The first-order valence-electron chi connectivity index (χ1n) is 7.43. The molecule has 0 heterocycles. The molecule has 1 aromatic carbocycles. The van der Waals surface area contributed by atoms with E-state index in [1.54, 1.807) is 0 Å². The van der Waals surface area contributed by atoms with Crippen molar-refractivity contribution in [1.29, 1.82) is 5.26 Å². The van der Waals surface area contributed by atoms with Crippen LogP contribution < -0.4 is 5.73 Å². The van der Waals surface area contributed by atoms with Gasteiger partial charge in [-0.3, -0.25) is 4.79 Å². The van der Waals surface area contributed by atoms with Crippen LogP contribution in [0, 0.1) is 17.2 Å². The summed E-state index contributed by atoms with van der Waals surface area (Å²) in [5.74, 6) is -0.276. The number of hydrogen-bond donors (Lipinski definition) is 1. The molecule has 2 aliphatic rings. The van der Waals surface area contributed by atoms with E-state index in [1.807, 2.05) is 36.4 Å². The van der Waals surface area contributed by atoms with Gasteiger partial charge in [0.2, 0.25) is 0 Å². The summed E-state index contributed by atoms with van der Waals surface area (Å²) in [4.78, 5) is 12.7. The van der Waals surface area contributed by atoms with Crippen molar-refractivity contribution >= 4 is 5.78 Å². The molecule has 2 N–H and O–H groups in total. The molecular formula is C18H18N2O. The lowest BCUT2D eigenvalue weighted by atomic mass is 9.70. The number of ketones is 1. The van der Waals surface area contributed by atoms with Crippen LogP contribution in [0.3, 0.4) is 0 Å². The lowest BCUT2D eigenvalue weighted by Gasteiger charge is -2.32. The second kappa shape index (κ2) is 5.57. The van der Waals surface area contributed by atoms with E-state index in [-0.39, 0.29) is 23.2 Å². The van der Waals surface area contributed by atoms with Gasteiger partial charge >= 0.3 is 0 Å². The highest BCUT2D eigenvalue weighted by atomic mass is 16.1. The molecule has 3 rings (SSSR count). The first kappa shape index (κ1) is 13.6. The monoisotopic (exact) mass is 278 g/mol. The quantitative estimate of drug-likeness (QED) is 0.857. The van der Waals surface area contributed by atoms with Crippen molar-refractivity contribution in [2.45, 2.75) is 31.6 Å². The van der Waals surface area contributed by atoms with Gasteiger partial charge in [0.25, 0.3) is 0 Å². The fraction of sp³-hybridized carbons (Fsp3) is 0.333. The molecular weight excluding hydrogens is 260 g/mol. The molecule has 2 unspecified atom stereocenters. The molecule has 2 aliphatic carbocycles. The minimum Gasteiger partial charge on any atom is -0.397 e. The average molecular weight is 278 g/mol. The van der Waals surface area contributed by atoms with Crippen molar-refractivity contribution in [2.24, 2.45) is 11.7 Å². The normalized spacial score (nSPS) is 25.7. The third kappa shape index (κ3) is 2.27. The first-order valence-corrected chi connectivity index (χ1v) is 7.43. The number of fused-ring (bicyclic) bond motifs is 1. The van der Waals surface area contributed by atoms with Gasteiger partial charge in [0, 0.05) is 0 Å². The first-order chi connectivity index (χ1) is 10.2. The van der Waals surface area contributed by atoms with Gasteiger partial charge in [0.15, 0.2) is 5.78 Å². The van der Waals surface area contributed by atoms with Crippen molar-refractivity contribution in [3.05, 3.63) is 58.8 Å². The number of rotatable bonds is 1. The third-order valence-corrected chi connectivity index (χ3v) is 4.52. The number of nitriles is 1. The van der Waals surface area contributed by atoms with Crippen LogP contribution in [0.1, 0.15) is 37.2 Å². The minimum atomic E-state index is -0.266. The lowest BCUT2D eigenvalue weighted by Crippen LogP contribution is -2.33. The van der Waals surface area contributed by atoms with E-state index < -0.39 is 0 Å². The highest BCUT2D eigenvalue weighted by Crippen LogP contribution is 2.44. The molecule has 0 fully saturated rings. The maximum absolute atomic E-state index is 12.7. The smallest absolute Gasteiger partial charge is 0.183 e. The van der Waals surface area contributed by atoms with Crippen LogP contribution in [-0.2, 0) is 4.79 Å². The number of Topliss-reactive ketones (excluding diaryl/α,β-unsaturated/α-hetero) is 1. The summed E-state index contributed by atoms with van der Waals surface area (Å²) in [5.41, 5.74) is 8.65. The second-order valence-electron chi connectivity index (χ2n) is 5.70. The fourth-order valence-corrected chi connectivity index (χ4v) is 3.50. The summed E-state index contributed by atoms with van der Waals surface area (Å²) >= 11 is 0. The summed E-state index contributed by atoms with van der Waals surface area (Å²) in [6.07, 6.45) is 6.27. The summed E-state index contributed by atoms with van der Waals surface area (Å²) in [5, 5.41) is 9.32. The topological polar surface area (TPSA) is 66.9 Å². The van der Waals surface area contributed by atoms with E-state index in [0.717, 1.165) is 36.8 Å². The molecule has 0 aliphatic heterocycles. The Morgan fingerprint density at radius 3 is 2.67 bits per heavy atom. The fourth-order valence-electron chi connectivity index (χ4n) is 3.50. The summed E-state index contributed by atoms with van der Waals surface area (Å²) in [6, 6.07) is 11.8. The average Bonchev–Trinajstić information content (AvgIpc) is 2.75. The predicted molar refractivity (Wildman–Crippen MR) is 81.1 cm³/mol. The number of nitrogens with zero attached hydrogens (tertiary/aromatic N) is 1. The van der Waals surface area contributed by atoms with Gasteiger partial charge in [-0.25, -0.2) is 0 Å². The molecule has 3 heteroatoms. The van der Waals surface area contributed by atoms with Crippen LogP contribution in [0.15, 0.2) is 53.3 Å². The Morgan fingerprint density at radius 1 is 1.19 bits per heavy atom. The van der Waals surface area contributed by atoms with Gasteiger partial charge in [-0.2, -0.15) is 5.26 Å². The predicted octanol–water partition coefficient (Wildman–Crippen LogP) is 3.21. The van der Waals surface area contributed by atoms with E-state index in [0.29, 0.717) is 5.70 Å². The Kier molecular flexibility index (Phi) is 3.62. The van der Waals surface area contributed by atoms with Crippen LogP contribution in [0.2, 0.25) is 0 Å². The number of benzene rings is 1. The Labute approximate surface area is 124 Å². The summed E-state index contributed by atoms with van der Waals surface area (Å²) in [7, 11) is 0. The van der Waals surface area contributed by atoms with Crippen molar-refractivity contribution in [3.8, 4) is 6.07 Å². The number of carbonyl (C=O) groups excluding carboxylic acids is 1. The van der Waals surface area contributed by atoms with E-state index in [9.17, 15) is 10.1 Å². The van der Waals surface area contributed by atoms with Crippen molar-refractivity contribution in [3.63, 3.8) is 0 Å². The van der Waals surface area contributed by atoms with Crippen LogP contribution in [0.5, 0.6) is 0 Å². The molecule has 0 radical (unpaired) electrons. The summed E-state index contributed by atoms with van der Waals surface area (Å²) in [6.45, 7) is 0. The zero-order chi connectivity index (χ0) is 14.8. The van der Waals surface area contributed by atoms with Crippen molar-refractivity contribution < 1.29 is 4.79 Å². The molecule has 106 valence electrons. The Bertz CT molecular complexity index is 664. The zero-order valence-corrected chi connectivity index (χ0v) is 11.9. The van der Waals surface area contributed by atoms with Gasteiger partial charge in [-0.15, -0.1) is 0 Å². The van der Waals surface area contributed by atoms with Crippen LogP contribution >= 0.6 is 0 Å². The van der Waals surface area contributed by atoms with E-state index in [4.69, 9.17) is 5.73 Å². The lowest BCUT2D eigenvalue weighted by molar-refractivity contribution is -0.117. The largest absolute Gasteiger partial charge is 0.397 e. The maximum Gasteiger partial charge on any atom is 0.183 e. The zero-order valence-electron chi connectivity index (χ0n) is 11.9. The molecule has 0 saturated heterocycles. The molecule has 0 saturated carbocycles. The van der Waals surface area contributed by atoms with E-state index in [2.05, 4.69) is 6.08 Å². The standard InChI is InChI=1S/C18H18N2O/c19-11-15-17(20)14-10-6-2-5-9-13(14)16(18(15)21)12-7-3-1-4-8-12/h1,3-4,7-8,10,13,16H,2,5-6,9,20H2. The van der Waals surface area contributed by atoms with Crippen LogP contribution in [0.4, 0.5) is 0 Å². The highest BCUT2D eigenvalue weighted by Gasteiger charge is 2.40. The molecule has 0 aromatic heterocycles. The van der Waals surface area contributed by atoms with Crippen LogP contribution in [-0.4, -0.2) is 5.78 Å². The third-order valence-electron chi connectivity index (χ3n) is 4.52. The number of allylic oxidation sites excluding steroid dienone is 3. The van der Waals surface area contributed by atoms with E-state index >= 15 is 0 Å². The highest BCUT2D eigenvalue weighted by molar-refractivity contribution is 6.06. The molecule has 21 heavy (non-hydrogen) atoms.